The van der Waals surface area contributed by atoms with Crippen LogP contribution >= 0.6 is 0 Å². The second-order valence-electron chi connectivity index (χ2n) is 6.72. The molecule has 0 unspecified atom stereocenters. The maximum absolute atomic E-state index is 13.4. The molecule has 0 aromatic heterocycles. The van der Waals surface area contributed by atoms with Crippen molar-refractivity contribution in [1.82, 2.24) is 0 Å². The van der Waals surface area contributed by atoms with E-state index in [1.807, 2.05) is 104 Å². The van der Waals surface area contributed by atoms with Crippen LogP contribution in [0.5, 0.6) is 5.75 Å². The minimum atomic E-state index is 0.0141. The predicted molar refractivity (Wildman–Crippen MR) is 118 cm³/mol. The summed E-state index contributed by atoms with van der Waals surface area (Å²) in [6.45, 7) is 2.56. The molecular weight excluding hydrogens is 356 g/mol. The van der Waals surface area contributed by atoms with E-state index in [9.17, 15) is 4.79 Å². The lowest BCUT2D eigenvalue weighted by Crippen LogP contribution is -2.05. The van der Waals surface area contributed by atoms with Gasteiger partial charge in [-0.1, -0.05) is 97.1 Å². The molecule has 0 atom stereocenters. The third-order valence-electron chi connectivity index (χ3n) is 4.88. The summed E-state index contributed by atoms with van der Waals surface area (Å²) in [5.41, 5.74) is 5.27. The van der Waals surface area contributed by atoms with Gasteiger partial charge in [0.2, 0.25) is 0 Å². The Morgan fingerprint density at radius 2 is 1.31 bits per heavy atom. The fourth-order valence-corrected chi connectivity index (χ4v) is 3.60. The number of hydrogen-bond acceptors (Lipinski definition) is 2. The van der Waals surface area contributed by atoms with Crippen LogP contribution in [-0.4, -0.2) is 12.4 Å². The maximum atomic E-state index is 13.4. The molecule has 0 amide bonds. The van der Waals surface area contributed by atoms with Crippen LogP contribution in [0.3, 0.4) is 0 Å². The molecule has 0 aliphatic heterocycles. The Kier molecular flexibility index (Phi) is 5.53. The summed E-state index contributed by atoms with van der Waals surface area (Å²) in [6.07, 6.45) is 0. The van der Waals surface area contributed by atoms with Gasteiger partial charge >= 0.3 is 0 Å². The van der Waals surface area contributed by atoms with E-state index in [2.05, 4.69) is 6.07 Å². The quantitative estimate of drug-likeness (QED) is 0.351. The van der Waals surface area contributed by atoms with Gasteiger partial charge in [0, 0.05) is 22.3 Å². The molecule has 142 valence electrons. The predicted octanol–water partition coefficient (Wildman–Crippen LogP) is 6.65. The summed E-state index contributed by atoms with van der Waals surface area (Å²) >= 11 is 0. The van der Waals surface area contributed by atoms with Crippen LogP contribution in [0, 0.1) is 0 Å². The molecule has 4 rings (SSSR count). The number of benzene rings is 4. The van der Waals surface area contributed by atoms with Gasteiger partial charge in [0.15, 0.2) is 5.78 Å². The minimum Gasteiger partial charge on any atom is -0.493 e. The lowest BCUT2D eigenvalue weighted by molar-refractivity contribution is 0.103. The van der Waals surface area contributed by atoms with Gasteiger partial charge in [0.05, 0.1) is 6.61 Å². The zero-order valence-corrected chi connectivity index (χ0v) is 16.3. The van der Waals surface area contributed by atoms with Crippen LogP contribution in [0.4, 0.5) is 0 Å². The normalized spacial score (nSPS) is 10.5. The Morgan fingerprint density at radius 1 is 0.690 bits per heavy atom. The second-order valence-corrected chi connectivity index (χ2v) is 6.72. The standard InChI is InChI=1S/C27H22O2/c1-2-29-25-19-10-9-16-22(25)23-17-11-18-24(26(23)20-12-5-3-6-13-20)27(28)21-14-7-4-8-15-21/h3-19H,2H2,1H3. The van der Waals surface area contributed by atoms with E-state index < -0.39 is 0 Å². The molecular formula is C27H22O2. The SMILES string of the molecule is CCOc1ccccc1-c1cccc(C(=O)c2ccccc2)c1-c1ccccc1. The molecule has 0 aliphatic rings. The first-order chi connectivity index (χ1) is 14.3. The molecule has 0 saturated carbocycles. The largest absolute Gasteiger partial charge is 0.493 e. The van der Waals surface area contributed by atoms with Crippen molar-refractivity contribution in [2.75, 3.05) is 6.61 Å². The first kappa shape index (κ1) is 18.7. The average molecular weight is 378 g/mol. The first-order valence-corrected chi connectivity index (χ1v) is 9.80. The summed E-state index contributed by atoms with van der Waals surface area (Å²) in [7, 11) is 0. The summed E-state index contributed by atoms with van der Waals surface area (Å²) in [4.78, 5) is 13.4. The van der Waals surface area contributed by atoms with Crippen LogP contribution < -0.4 is 4.74 Å². The molecule has 2 heteroatoms. The van der Waals surface area contributed by atoms with Crippen LogP contribution in [0.25, 0.3) is 22.3 Å². The van der Waals surface area contributed by atoms with Gasteiger partial charge in [-0.3, -0.25) is 4.79 Å². The van der Waals surface area contributed by atoms with E-state index in [-0.39, 0.29) is 5.78 Å². The Morgan fingerprint density at radius 3 is 2.03 bits per heavy atom. The molecule has 0 fully saturated rings. The van der Waals surface area contributed by atoms with Crippen molar-refractivity contribution in [1.29, 1.82) is 0 Å². The van der Waals surface area contributed by atoms with Crippen LogP contribution in [-0.2, 0) is 0 Å². The molecule has 2 nitrogen and oxygen atoms in total. The van der Waals surface area contributed by atoms with Crippen molar-refractivity contribution in [2.24, 2.45) is 0 Å². The second kappa shape index (κ2) is 8.57. The molecule has 0 N–H and O–H groups in total. The lowest BCUT2D eigenvalue weighted by atomic mass is 9.87. The number of rotatable bonds is 6. The number of ketones is 1. The highest BCUT2D eigenvalue weighted by Gasteiger charge is 2.20. The number of ether oxygens (including phenoxy) is 1. The summed E-state index contributed by atoms with van der Waals surface area (Å²) in [6, 6.07) is 33.4. The Bertz CT molecular complexity index is 1120. The molecule has 0 spiro atoms. The van der Waals surface area contributed by atoms with Gasteiger partial charge < -0.3 is 4.74 Å². The van der Waals surface area contributed by atoms with Gasteiger partial charge in [-0.2, -0.15) is 0 Å². The van der Waals surface area contributed by atoms with E-state index in [1.54, 1.807) is 0 Å². The summed E-state index contributed by atoms with van der Waals surface area (Å²) in [5, 5.41) is 0. The van der Waals surface area contributed by atoms with Crippen molar-refractivity contribution in [2.45, 2.75) is 6.92 Å². The van der Waals surface area contributed by atoms with Crippen molar-refractivity contribution in [3.8, 4) is 28.0 Å². The molecule has 4 aromatic carbocycles. The van der Waals surface area contributed by atoms with Crippen LogP contribution in [0.1, 0.15) is 22.8 Å². The third kappa shape index (κ3) is 3.83. The lowest BCUT2D eigenvalue weighted by Gasteiger charge is -2.17. The number of para-hydroxylation sites is 1. The highest BCUT2D eigenvalue weighted by molar-refractivity contribution is 6.14. The summed E-state index contributed by atoms with van der Waals surface area (Å²) in [5.74, 6) is 0.830. The summed E-state index contributed by atoms with van der Waals surface area (Å²) < 4.78 is 5.88. The van der Waals surface area contributed by atoms with Crippen molar-refractivity contribution in [3.63, 3.8) is 0 Å². The molecule has 0 bridgehead atoms. The van der Waals surface area contributed by atoms with Crippen LogP contribution in [0.2, 0.25) is 0 Å². The maximum Gasteiger partial charge on any atom is 0.193 e. The highest BCUT2D eigenvalue weighted by atomic mass is 16.5. The Labute approximate surface area is 171 Å². The van der Waals surface area contributed by atoms with Crippen molar-refractivity contribution >= 4 is 5.78 Å². The number of carbonyl (C=O) groups is 1. The van der Waals surface area contributed by atoms with Gasteiger partial charge in [-0.25, -0.2) is 0 Å². The van der Waals surface area contributed by atoms with E-state index in [0.29, 0.717) is 17.7 Å². The molecule has 0 heterocycles. The Balaban J connectivity index is 1.97. The number of carbonyl (C=O) groups excluding carboxylic acids is 1. The molecule has 0 saturated heterocycles. The van der Waals surface area contributed by atoms with Gasteiger partial charge in [-0.05, 0) is 24.1 Å². The molecule has 4 aromatic rings. The highest BCUT2D eigenvalue weighted by Crippen LogP contribution is 2.39. The number of hydrogen-bond donors (Lipinski definition) is 0. The molecule has 0 radical (unpaired) electrons. The van der Waals surface area contributed by atoms with E-state index in [0.717, 1.165) is 28.0 Å². The smallest absolute Gasteiger partial charge is 0.193 e. The Hall–Kier alpha value is -3.65. The molecule has 0 aliphatic carbocycles. The average Bonchev–Trinajstić information content (AvgIpc) is 2.80. The fraction of sp³-hybridized carbons (Fsp3) is 0.0741. The van der Waals surface area contributed by atoms with Gasteiger partial charge in [0.1, 0.15) is 5.75 Å². The zero-order chi connectivity index (χ0) is 20.1. The van der Waals surface area contributed by atoms with Gasteiger partial charge in [-0.15, -0.1) is 0 Å². The van der Waals surface area contributed by atoms with Gasteiger partial charge in [0.25, 0.3) is 0 Å². The topological polar surface area (TPSA) is 26.3 Å². The van der Waals surface area contributed by atoms with Crippen LogP contribution in [0.15, 0.2) is 103 Å². The van der Waals surface area contributed by atoms with E-state index in [1.165, 1.54) is 0 Å². The fourth-order valence-electron chi connectivity index (χ4n) is 3.60. The minimum absolute atomic E-state index is 0.0141. The third-order valence-corrected chi connectivity index (χ3v) is 4.88. The van der Waals surface area contributed by atoms with E-state index in [4.69, 9.17) is 4.74 Å². The van der Waals surface area contributed by atoms with E-state index >= 15 is 0 Å². The molecule has 29 heavy (non-hydrogen) atoms. The zero-order valence-electron chi connectivity index (χ0n) is 16.3. The first-order valence-electron chi connectivity index (χ1n) is 9.80. The van der Waals surface area contributed by atoms with Crippen molar-refractivity contribution in [3.05, 3.63) is 114 Å². The monoisotopic (exact) mass is 378 g/mol. The van der Waals surface area contributed by atoms with Crippen molar-refractivity contribution < 1.29 is 9.53 Å².